The fourth-order valence-electron chi connectivity index (χ4n) is 2.13. The van der Waals surface area contributed by atoms with E-state index in [4.69, 9.17) is 0 Å². The number of anilines is 2. The van der Waals surface area contributed by atoms with Gasteiger partial charge in [0.05, 0.1) is 6.10 Å². The molecular weight excluding hydrogens is 242 g/mol. The van der Waals surface area contributed by atoms with Gasteiger partial charge in [-0.1, -0.05) is 6.07 Å². The number of aliphatic hydroxyl groups is 1. The number of rotatable bonds is 3. The maximum absolute atomic E-state index is 12.0. The summed E-state index contributed by atoms with van der Waals surface area (Å²) in [6.45, 7) is 4.02. The lowest BCUT2D eigenvalue weighted by Gasteiger charge is -2.19. The maximum atomic E-state index is 12.0. The molecule has 19 heavy (non-hydrogen) atoms. The minimum Gasteiger partial charge on any atom is -0.391 e. The van der Waals surface area contributed by atoms with Gasteiger partial charge in [0.15, 0.2) is 0 Å². The van der Waals surface area contributed by atoms with Gasteiger partial charge in [-0.25, -0.2) is 4.79 Å². The Labute approximate surface area is 113 Å². The standard InChI is InChI=1S/C14H21N3O2/c1-3-16(2)12-6-4-5-11(9-12)15-14(19)17-8-7-13(18)10-17/h4-6,9,13,18H,3,7-8,10H2,1-2H3,(H,15,19)/t13-/m0/s1. The van der Waals surface area contributed by atoms with Crippen LogP contribution < -0.4 is 10.2 Å². The van der Waals surface area contributed by atoms with Gasteiger partial charge in [0.2, 0.25) is 0 Å². The number of carbonyl (C=O) groups excluding carboxylic acids is 1. The van der Waals surface area contributed by atoms with Gasteiger partial charge in [0, 0.05) is 38.1 Å². The normalized spacial score (nSPS) is 18.5. The van der Waals surface area contributed by atoms with Crippen molar-refractivity contribution in [1.29, 1.82) is 0 Å². The van der Waals surface area contributed by atoms with Crippen molar-refractivity contribution in [2.45, 2.75) is 19.4 Å². The molecule has 0 unspecified atom stereocenters. The highest BCUT2D eigenvalue weighted by molar-refractivity contribution is 5.90. The van der Waals surface area contributed by atoms with Gasteiger partial charge in [-0.2, -0.15) is 0 Å². The molecule has 0 radical (unpaired) electrons. The maximum Gasteiger partial charge on any atom is 0.321 e. The van der Waals surface area contributed by atoms with Crippen LogP contribution in [-0.2, 0) is 0 Å². The van der Waals surface area contributed by atoms with E-state index in [1.54, 1.807) is 4.90 Å². The van der Waals surface area contributed by atoms with E-state index in [0.717, 1.165) is 17.9 Å². The van der Waals surface area contributed by atoms with E-state index in [-0.39, 0.29) is 12.1 Å². The third-order valence-electron chi connectivity index (χ3n) is 3.46. The summed E-state index contributed by atoms with van der Waals surface area (Å²) in [6.07, 6.45) is 0.273. The highest BCUT2D eigenvalue weighted by Crippen LogP contribution is 2.19. The van der Waals surface area contributed by atoms with Crippen LogP contribution in [-0.4, -0.2) is 48.8 Å². The largest absolute Gasteiger partial charge is 0.391 e. The molecule has 104 valence electrons. The smallest absolute Gasteiger partial charge is 0.321 e. The van der Waals surface area contributed by atoms with Crippen molar-refractivity contribution in [3.8, 4) is 0 Å². The number of carbonyl (C=O) groups is 1. The lowest BCUT2D eigenvalue weighted by Crippen LogP contribution is -2.33. The van der Waals surface area contributed by atoms with Crippen molar-refractivity contribution in [2.24, 2.45) is 0 Å². The van der Waals surface area contributed by atoms with Crippen LogP contribution in [0.15, 0.2) is 24.3 Å². The fraction of sp³-hybridized carbons (Fsp3) is 0.500. The number of hydrogen-bond donors (Lipinski definition) is 2. The van der Waals surface area contributed by atoms with Gasteiger partial charge in [0.25, 0.3) is 0 Å². The molecule has 2 rings (SSSR count). The molecule has 1 atom stereocenters. The third-order valence-corrected chi connectivity index (χ3v) is 3.46. The summed E-state index contributed by atoms with van der Waals surface area (Å²) < 4.78 is 0. The van der Waals surface area contributed by atoms with Gasteiger partial charge in [-0.3, -0.25) is 0 Å². The van der Waals surface area contributed by atoms with Crippen LogP contribution >= 0.6 is 0 Å². The van der Waals surface area contributed by atoms with Crippen LogP contribution in [0.1, 0.15) is 13.3 Å². The van der Waals surface area contributed by atoms with Gasteiger partial charge in [-0.05, 0) is 31.5 Å². The molecule has 0 aromatic heterocycles. The van der Waals surface area contributed by atoms with E-state index in [9.17, 15) is 9.90 Å². The molecule has 1 aromatic rings. The molecule has 5 nitrogen and oxygen atoms in total. The Morgan fingerprint density at radius 3 is 3.00 bits per heavy atom. The quantitative estimate of drug-likeness (QED) is 0.873. The number of β-amino-alcohol motifs (C(OH)–C–C–N with tert-alkyl or cyclic N) is 1. The number of urea groups is 1. The number of hydrogen-bond acceptors (Lipinski definition) is 3. The van der Waals surface area contributed by atoms with Gasteiger partial charge >= 0.3 is 6.03 Å². The van der Waals surface area contributed by atoms with Crippen LogP contribution in [0, 0.1) is 0 Å². The van der Waals surface area contributed by atoms with E-state index in [1.807, 2.05) is 31.3 Å². The number of amides is 2. The molecule has 1 aliphatic rings. The van der Waals surface area contributed by atoms with E-state index < -0.39 is 0 Å². The molecule has 1 saturated heterocycles. The van der Waals surface area contributed by atoms with Crippen LogP contribution in [0.2, 0.25) is 0 Å². The number of benzene rings is 1. The molecule has 1 aliphatic heterocycles. The van der Waals surface area contributed by atoms with Gasteiger partial charge in [-0.15, -0.1) is 0 Å². The predicted octanol–water partition coefficient (Wildman–Crippen LogP) is 1.74. The summed E-state index contributed by atoms with van der Waals surface area (Å²) in [5, 5.41) is 12.3. The molecule has 1 heterocycles. The minimum atomic E-state index is -0.386. The zero-order chi connectivity index (χ0) is 13.8. The van der Waals surface area contributed by atoms with Crippen molar-refractivity contribution in [3.63, 3.8) is 0 Å². The van der Waals surface area contributed by atoms with E-state index in [1.165, 1.54) is 0 Å². The molecule has 0 bridgehead atoms. The van der Waals surface area contributed by atoms with Crippen LogP contribution in [0.4, 0.5) is 16.2 Å². The SMILES string of the molecule is CCN(C)c1cccc(NC(=O)N2CC[C@H](O)C2)c1. The molecular formula is C14H21N3O2. The summed E-state index contributed by atoms with van der Waals surface area (Å²) in [5.41, 5.74) is 1.85. The van der Waals surface area contributed by atoms with Crippen LogP contribution in [0.5, 0.6) is 0 Å². The van der Waals surface area contributed by atoms with Crippen LogP contribution in [0.25, 0.3) is 0 Å². The number of nitrogens with zero attached hydrogens (tertiary/aromatic N) is 2. The summed E-state index contributed by atoms with van der Waals surface area (Å²) in [4.78, 5) is 15.7. The second-order valence-electron chi connectivity index (χ2n) is 4.88. The molecule has 1 aromatic carbocycles. The summed E-state index contributed by atoms with van der Waals surface area (Å²) in [5.74, 6) is 0. The zero-order valence-electron chi connectivity index (χ0n) is 11.5. The van der Waals surface area contributed by atoms with Crippen molar-refractivity contribution >= 4 is 17.4 Å². The van der Waals surface area contributed by atoms with Crippen molar-refractivity contribution < 1.29 is 9.90 Å². The first-order valence-corrected chi connectivity index (χ1v) is 6.65. The topological polar surface area (TPSA) is 55.8 Å². The number of nitrogens with one attached hydrogen (secondary N) is 1. The monoisotopic (exact) mass is 263 g/mol. The molecule has 2 N–H and O–H groups in total. The Bertz CT molecular complexity index is 450. The fourth-order valence-corrected chi connectivity index (χ4v) is 2.13. The highest BCUT2D eigenvalue weighted by Gasteiger charge is 2.24. The summed E-state index contributed by atoms with van der Waals surface area (Å²) in [6, 6.07) is 7.62. The Morgan fingerprint density at radius 2 is 2.37 bits per heavy atom. The van der Waals surface area contributed by atoms with E-state index in [0.29, 0.717) is 19.5 Å². The average Bonchev–Trinajstić information content (AvgIpc) is 2.85. The van der Waals surface area contributed by atoms with Crippen molar-refractivity contribution in [1.82, 2.24) is 4.90 Å². The van der Waals surface area contributed by atoms with Crippen molar-refractivity contribution in [2.75, 3.05) is 36.9 Å². The zero-order valence-corrected chi connectivity index (χ0v) is 11.5. The number of aliphatic hydroxyl groups excluding tert-OH is 1. The van der Waals surface area contributed by atoms with Gasteiger partial charge < -0.3 is 20.2 Å². The molecule has 0 spiro atoms. The average molecular weight is 263 g/mol. The highest BCUT2D eigenvalue weighted by atomic mass is 16.3. The van der Waals surface area contributed by atoms with Crippen LogP contribution in [0.3, 0.4) is 0 Å². The molecule has 0 saturated carbocycles. The second-order valence-corrected chi connectivity index (χ2v) is 4.88. The van der Waals surface area contributed by atoms with Gasteiger partial charge in [0.1, 0.15) is 0 Å². The molecule has 5 heteroatoms. The second kappa shape index (κ2) is 5.93. The molecule has 1 fully saturated rings. The summed E-state index contributed by atoms with van der Waals surface area (Å²) >= 11 is 0. The Morgan fingerprint density at radius 1 is 1.58 bits per heavy atom. The Hall–Kier alpha value is -1.75. The minimum absolute atomic E-state index is 0.146. The molecule has 0 aliphatic carbocycles. The van der Waals surface area contributed by atoms with Crippen molar-refractivity contribution in [3.05, 3.63) is 24.3 Å². The first-order valence-electron chi connectivity index (χ1n) is 6.65. The summed E-state index contributed by atoms with van der Waals surface area (Å²) in [7, 11) is 2.01. The predicted molar refractivity (Wildman–Crippen MR) is 76.6 cm³/mol. The lowest BCUT2D eigenvalue weighted by atomic mass is 10.2. The Balaban J connectivity index is 2.00. The Kier molecular flexibility index (Phi) is 4.27. The number of likely N-dealkylation sites (tertiary alicyclic amines) is 1. The molecule has 2 amide bonds. The third kappa shape index (κ3) is 3.38. The lowest BCUT2D eigenvalue weighted by molar-refractivity contribution is 0.176. The first-order chi connectivity index (χ1) is 9.10. The van der Waals surface area contributed by atoms with E-state index in [2.05, 4.69) is 17.1 Å². The first kappa shape index (κ1) is 13.7. The van der Waals surface area contributed by atoms with E-state index >= 15 is 0 Å².